The molecule has 0 radical (unpaired) electrons. The highest BCUT2D eigenvalue weighted by molar-refractivity contribution is 9.10. The molecule has 7 nitrogen and oxygen atoms in total. The lowest BCUT2D eigenvalue weighted by atomic mass is 10.2. The molecule has 3 rings (SSSR count). The number of nitrogens with zero attached hydrogens (tertiary/aromatic N) is 1. The Kier molecular flexibility index (Phi) is 9.40. The first-order valence-electron chi connectivity index (χ1n) is 10.0. The topological polar surface area (TPSA) is 89.0 Å². The van der Waals surface area contributed by atoms with Crippen molar-refractivity contribution in [2.75, 3.05) is 12.4 Å². The van der Waals surface area contributed by atoms with Gasteiger partial charge in [-0.25, -0.2) is 5.43 Å². The molecule has 2 amide bonds. The Labute approximate surface area is 225 Å². The average Bonchev–Trinajstić information content (AvgIpc) is 2.81. The molecule has 0 spiro atoms. The predicted octanol–water partition coefficient (Wildman–Crippen LogP) is 6.39. The van der Waals surface area contributed by atoms with Crippen molar-refractivity contribution >= 4 is 74.4 Å². The van der Waals surface area contributed by atoms with Gasteiger partial charge in [-0.05, 0) is 70.4 Å². The smallest absolute Gasteiger partial charge is 0.329 e. The molecule has 0 saturated carbocycles. The number of methoxy groups -OCH3 is 1. The van der Waals surface area contributed by atoms with Crippen LogP contribution in [0.5, 0.6) is 11.5 Å². The van der Waals surface area contributed by atoms with E-state index in [1.807, 2.05) is 6.92 Å². The third kappa shape index (κ3) is 7.11. The van der Waals surface area contributed by atoms with E-state index in [9.17, 15) is 9.59 Å². The zero-order chi connectivity index (χ0) is 25.5. The second kappa shape index (κ2) is 12.3. The van der Waals surface area contributed by atoms with Crippen LogP contribution in [0.15, 0.2) is 58.1 Å². The van der Waals surface area contributed by atoms with Gasteiger partial charge in [0.1, 0.15) is 6.61 Å². The van der Waals surface area contributed by atoms with Gasteiger partial charge in [-0.1, -0.05) is 46.9 Å². The third-order valence-electron chi connectivity index (χ3n) is 4.69. The molecule has 0 unspecified atom stereocenters. The second-order valence-electron chi connectivity index (χ2n) is 7.14. The van der Waals surface area contributed by atoms with Crippen LogP contribution in [0.3, 0.4) is 0 Å². The van der Waals surface area contributed by atoms with E-state index in [0.29, 0.717) is 47.9 Å². The van der Waals surface area contributed by atoms with E-state index in [4.69, 9.17) is 44.3 Å². The van der Waals surface area contributed by atoms with Gasteiger partial charge in [-0.2, -0.15) is 5.10 Å². The summed E-state index contributed by atoms with van der Waals surface area (Å²) in [5, 5.41) is 7.74. The summed E-state index contributed by atoms with van der Waals surface area (Å²) in [5.41, 5.74) is 4.64. The van der Waals surface area contributed by atoms with Gasteiger partial charge < -0.3 is 14.8 Å². The lowest BCUT2D eigenvalue weighted by molar-refractivity contribution is -0.136. The molecule has 0 heterocycles. The molecular weight excluding hydrogens is 581 g/mol. The molecular formula is C24H19BrCl3N3O4. The standard InChI is InChI=1S/C24H19BrCl3N3O4/c1-13-6-7-15(10-20(13)28)30-23(32)24(33)31-29-11-14-8-17(25)22(21(9-14)34-2)35-12-16-18(26)4-3-5-19(16)27/h3-11H,12H2,1-2H3,(H,30,32)(H,31,33). The fraction of sp³-hybridized carbons (Fsp3) is 0.125. The molecule has 0 atom stereocenters. The van der Waals surface area contributed by atoms with Gasteiger partial charge in [0.15, 0.2) is 11.5 Å². The Morgan fingerprint density at radius 1 is 1.03 bits per heavy atom. The Morgan fingerprint density at radius 2 is 1.74 bits per heavy atom. The minimum absolute atomic E-state index is 0.123. The maximum Gasteiger partial charge on any atom is 0.329 e. The number of ether oxygens (including phenoxy) is 2. The number of benzene rings is 3. The summed E-state index contributed by atoms with van der Waals surface area (Å²) >= 11 is 21.9. The predicted molar refractivity (Wildman–Crippen MR) is 142 cm³/mol. The molecule has 0 bridgehead atoms. The summed E-state index contributed by atoms with van der Waals surface area (Å²) < 4.78 is 11.9. The van der Waals surface area contributed by atoms with Crippen LogP contribution in [0, 0.1) is 6.92 Å². The van der Waals surface area contributed by atoms with Crippen LogP contribution >= 0.6 is 50.7 Å². The maximum atomic E-state index is 12.1. The van der Waals surface area contributed by atoms with Gasteiger partial charge in [0.05, 0.1) is 17.8 Å². The van der Waals surface area contributed by atoms with Crippen LogP contribution in [0.4, 0.5) is 5.69 Å². The quantitative estimate of drug-likeness (QED) is 0.187. The fourth-order valence-corrected chi connectivity index (χ4v) is 4.10. The van der Waals surface area contributed by atoms with E-state index >= 15 is 0 Å². The van der Waals surface area contributed by atoms with Crippen molar-refractivity contribution in [2.45, 2.75) is 13.5 Å². The summed E-state index contributed by atoms with van der Waals surface area (Å²) in [7, 11) is 1.49. The van der Waals surface area contributed by atoms with E-state index in [0.717, 1.165) is 5.56 Å². The molecule has 0 fully saturated rings. The Bertz CT molecular complexity index is 1280. The van der Waals surface area contributed by atoms with Crippen molar-refractivity contribution < 1.29 is 19.1 Å². The van der Waals surface area contributed by atoms with Crippen molar-refractivity contribution in [1.29, 1.82) is 0 Å². The largest absolute Gasteiger partial charge is 0.493 e. The van der Waals surface area contributed by atoms with Gasteiger partial charge in [0.25, 0.3) is 0 Å². The molecule has 11 heteroatoms. The number of carbonyl (C=O) groups is 2. The number of nitrogens with one attached hydrogen (secondary N) is 2. The fourth-order valence-electron chi connectivity index (χ4n) is 2.84. The molecule has 0 aromatic heterocycles. The van der Waals surface area contributed by atoms with Crippen molar-refractivity contribution in [2.24, 2.45) is 5.10 Å². The van der Waals surface area contributed by atoms with E-state index in [-0.39, 0.29) is 6.61 Å². The highest BCUT2D eigenvalue weighted by Gasteiger charge is 2.15. The summed E-state index contributed by atoms with van der Waals surface area (Å²) in [6.45, 7) is 1.95. The van der Waals surface area contributed by atoms with Crippen LogP contribution in [-0.2, 0) is 16.2 Å². The summed E-state index contributed by atoms with van der Waals surface area (Å²) in [4.78, 5) is 24.1. The van der Waals surface area contributed by atoms with Gasteiger partial charge in [0, 0.05) is 26.3 Å². The number of hydrazone groups is 1. The zero-order valence-electron chi connectivity index (χ0n) is 18.5. The normalized spacial score (nSPS) is 10.8. The van der Waals surface area contributed by atoms with Crippen LogP contribution in [0.2, 0.25) is 15.1 Å². The van der Waals surface area contributed by atoms with E-state index < -0.39 is 11.8 Å². The van der Waals surface area contributed by atoms with E-state index in [1.54, 1.807) is 48.5 Å². The van der Waals surface area contributed by atoms with E-state index in [2.05, 4.69) is 31.8 Å². The van der Waals surface area contributed by atoms with Crippen LogP contribution < -0.4 is 20.2 Å². The number of anilines is 1. The minimum atomic E-state index is -0.944. The number of carbonyl (C=O) groups excluding carboxylic acids is 2. The Morgan fingerprint density at radius 3 is 2.40 bits per heavy atom. The number of rotatable bonds is 7. The lowest BCUT2D eigenvalue weighted by Gasteiger charge is -2.14. The highest BCUT2D eigenvalue weighted by Crippen LogP contribution is 2.37. The van der Waals surface area contributed by atoms with Crippen molar-refractivity contribution in [3.63, 3.8) is 0 Å². The van der Waals surface area contributed by atoms with Gasteiger partial charge >= 0.3 is 11.8 Å². The molecule has 2 N–H and O–H groups in total. The first-order chi connectivity index (χ1) is 16.7. The summed E-state index contributed by atoms with van der Waals surface area (Å²) in [6.07, 6.45) is 1.36. The van der Waals surface area contributed by atoms with Crippen LogP contribution in [-0.4, -0.2) is 25.1 Å². The first kappa shape index (κ1) is 26.8. The van der Waals surface area contributed by atoms with Gasteiger partial charge in [-0.3, -0.25) is 9.59 Å². The molecule has 0 aliphatic heterocycles. The van der Waals surface area contributed by atoms with Crippen LogP contribution in [0.1, 0.15) is 16.7 Å². The van der Waals surface area contributed by atoms with E-state index in [1.165, 1.54) is 13.3 Å². The summed E-state index contributed by atoms with van der Waals surface area (Å²) in [6, 6.07) is 13.5. The third-order valence-corrected chi connectivity index (χ3v) is 6.39. The van der Waals surface area contributed by atoms with Crippen LogP contribution in [0.25, 0.3) is 0 Å². The number of hydrogen-bond acceptors (Lipinski definition) is 5. The molecule has 3 aromatic rings. The number of aryl methyl sites for hydroxylation is 1. The van der Waals surface area contributed by atoms with Crippen molar-refractivity contribution in [1.82, 2.24) is 5.43 Å². The van der Waals surface area contributed by atoms with Gasteiger partial charge in [0.2, 0.25) is 0 Å². The molecule has 0 aliphatic rings. The number of hydrogen-bond donors (Lipinski definition) is 2. The second-order valence-corrected chi connectivity index (χ2v) is 9.22. The lowest BCUT2D eigenvalue weighted by Crippen LogP contribution is -2.32. The average molecular weight is 600 g/mol. The zero-order valence-corrected chi connectivity index (χ0v) is 22.3. The summed E-state index contributed by atoms with van der Waals surface area (Å²) in [5.74, 6) is -0.992. The number of halogens is 4. The van der Waals surface area contributed by atoms with Crippen molar-refractivity contribution in [3.8, 4) is 11.5 Å². The Balaban J connectivity index is 1.65. The SMILES string of the molecule is COc1cc(C=NNC(=O)C(=O)Nc2ccc(C)c(Cl)c2)cc(Br)c1OCc1c(Cl)cccc1Cl. The van der Waals surface area contributed by atoms with Crippen molar-refractivity contribution in [3.05, 3.63) is 84.8 Å². The Hall–Kier alpha value is -2.78. The molecule has 0 saturated heterocycles. The first-order valence-corrected chi connectivity index (χ1v) is 12.0. The highest BCUT2D eigenvalue weighted by atomic mass is 79.9. The molecule has 182 valence electrons. The molecule has 35 heavy (non-hydrogen) atoms. The molecule has 3 aromatic carbocycles. The minimum Gasteiger partial charge on any atom is -0.493 e. The monoisotopic (exact) mass is 597 g/mol. The van der Waals surface area contributed by atoms with Gasteiger partial charge in [-0.15, -0.1) is 0 Å². The number of amides is 2. The molecule has 0 aliphatic carbocycles. The maximum absolute atomic E-state index is 12.1.